The Morgan fingerprint density at radius 3 is 3.06 bits per heavy atom. The van der Waals surface area contributed by atoms with Gasteiger partial charge in [-0.25, -0.2) is 4.98 Å². The van der Waals surface area contributed by atoms with Gasteiger partial charge in [0.2, 0.25) is 0 Å². The van der Waals surface area contributed by atoms with Gasteiger partial charge >= 0.3 is 5.69 Å². The second kappa shape index (κ2) is 4.64. The van der Waals surface area contributed by atoms with E-state index in [2.05, 4.69) is 10.3 Å². The summed E-state index contributed by atoms with van der Waals surface area (Å²) in [5.74, 6) is 0. The van der Waals surface area contributed by atoms with Gasteiger partial charge in [-0.2, -0.15) is 0 Å². The fraction of sp³-hybridized carbons (Fsp3) is 0.300. The van der Waals surface area contributed by atoms with E-state index in [1.165, 1.54) is 11.3 Å². The van der Waals surface area contributed by atoms with Crippen molar-refractivity contribution in [3.8, 4) is 0 Å². The molecule has 1 atom stereocenters. The van der Waals surface area contributed by atoms with Crippen LogP contribution in [-0.2, 0) is 0 Å². The van der Waals surface area contributed by atoms with E-state index in [1.807, 2.05) is 0 Å². The van der Waals surface area contributed by atoms with Crippen molar-refractivity contribution in [1.29, 1.82) is 0 Å². The number of hydrogen-bond acceptors (Lipinski definition) is 6. The molecule has 2 rings (SSSR count). The highest BCUT2D eigenvalue weighted by atomic mass is 32.1. The number of nitrogens with one attached hydrogen (secondary N) is 1. The van der Waals surface area contributed by atoms with Crippen molar-refractivity contribution in [3.05, 3.63) is 27.8 Å². The molecule has 0 fully saturated rings. The molecule has 0 amide bonds. The van der Waals surface area contributed by atoms with Gasteiger partial charge < -0.3 is 10.4 Å². The van der Waals surface area contributed by atoms with Gasteiger partial charge in [0.15, 0.2) is 5.52 Å². The molecular weight excluding hydrogens is 242 g/mol. The lowest BCUT2D eigenvalue weighted by Gasteiger charge is -2.08. The third-order valence-corrected chi connectivity index (χ3v) is 3.04. The van der Waals surface area contributed by atoms with E-state index in [0.29, 0.717) is 11.2 Å². The van der Waals surface area contributed by atoms with Crippen molar-refractivity contribution in [2.45, 2.75) is 13.0 Å². The minimum Gasteiger partial charge on any atom is -0.392 e. The number of nitro groups is 1. The third-order valence-electron chi connectivity index (χ3n) is 2.25. The van der Waals surface area contributed by atoms with E-state index in [9.17, 15) is 15.2 Å². The van der Waals surface area contributed by atoms with Crippen LogP contribution in [0.2, 0.25) is 0 Å². The van der Waals surface area contributed by atoms with Crippen LogP contribution in [0.15, 0.2) is 17.6 Å². The maximum atomic E-state index is 11.0. The lowest BCUT2D eigenvalue weighted by molar-refractivity contribution is -0.382. The Morgan fingerprint density at radius 1 is 1.65 bits per heavy atom. The number of aromatic nitrogens is 1. The maximum Gasteiger partial charge on any atom is 0.319 e. The van der Waals surface area contributed by atoms with Crippen molar-refractivity contribution in [3.63, 3.8) is 0 Å². The number of rotatable bonds is 4. The Balaban J connectivity index is 2.46. The van der Waals surface area contributed by atoms with Gasteiger partial charge in [-0.15, -0.1) is 11.3 Å². The highest BCUT2D eigenvalue weighted by Crippen LogP contribution is 2.34. The normalized spacial score (nSPS) is 12.6. The highest BCUT2D eigenvalue weighted by molar-refractivity contribution is 7.16. The van der Waals surface area contributed by atoms with Gasteiger partial charge in [0, 0.05) is 6.54 Å². The molecule has 1 heterocycles. The van der Waals surface area contributed by atoms with Gasteiger partial charge in [0.25, 0.3) is 0 Å². The summed E-state index contributed by atoms with van der Waals surface area (Å²) in [5, 5.41) is 23.1. The van der Waals surface area contributed by atoms with Crippen molar-refractivity contribution < 1.29 is 10.0 Å². The zero-order chi connectivity index (χ0) is 12.4. The van der Waals surface area contributed by atoms with Gasteiger partial charge in [-0.05, 0) is 19.1 Å². The van der Waals surface area contributed by atoms with Crippen LogP contribution in [0.5, 0.6) is 0 Å². The van der Waals surface area contributed by atoms with Crippen molar-refractivity contribution in [1.82, 2.24) is 4.98 Å². The molecule has 0 saturated heterocycles. The zero-order valence-electron chi connectivity index (χ0n) is 9.08. The molecule has 0 saturated carbocycles. The number of anilines is 1. The van der Waals surface area contributed by atoms with E-state index in [0.717, 1.165) is 4.70 Å². The fourth-order valence-corrected chi connectivity index (χ4v) is 2.18. The molecule has 0 aliphatic rings. The average molecular weight is 253 g/mol. The molecule has 1 aromatic heterocycles. The zero-order valence-corrected chi connectivity index (χ0v) is 9.90. The number of hydrogen-bond donors (Lipinski definition) is 2. The lowest BCUT2D eigenvalue weighted by Crippen LogP contribution is -2.16. The van der Waals surface area contributed by atoms with Crippen molar-refractivity contribution >= 4 is 32.9 Å². The Morgan fingerprint density at radius 2 is 2.41 bits per heavy atom. The van der Waals surface area contributed by atoms with Crippen LogP contribution in [0.25, 0.3) is 10.2 Å². The smallest absolute Gasteiger partial charge is 0.319 e. The quantitative estimate of drug-likeness (QED) is 0.642. The van der Waals surface area contributed by atoms with E-state index in [-0.39, 0.29) is 12.2 Å². The molecule has 2 aromatic rings. The van der Waals surface area contributed by atoms with Crippen LogP contribution in [-0.4, -0.2) is 27.7 Å². The summed E-state index contributed by atoms with van der Waals surface area (Å²) in [6.07, 6.45) is -0.569. The molecule has 2 N–H and O–H groups in total. The monoisotopic (exact) mass is 253 g/mol. The summed E-state index contributed by atoms with van der Waals surface area (Å²) < 4.78 is 0.777. The molecule has 0 aliphatic carbocycles. The molecule has 6 nitrogen and oxygen atoms in total. The van der Waals surface area contributed by atoms with Crippen LogP contribution in [0.4, 0.5) is 11.4 Å². The molecule has 17 heavy (non-hydrogen) atoms. The Hall–Kier alpha value is -1.73. The first-order valence-corrected chi connectivity index (χ1v) is 5.90. The number of thiazole rings is 1. The molecule has 90 valence electrons. The summed E-state index contributed by atoms with van der Waals surface area (Å²) in [4.78, 5) is 14.6. The highest BCUT2D eigenvalue weighted by Gasteiger charge is 2.20. The van der Waals surface area contributed by atoms with Crippen LogP contribution >= 0.6 is 11.3 Å². The molecular formula is C10H11N3O3S. The van der Waals surface area contributed by atoms with E-state index >= 15 is 0 Å². The summed E-state index contributed by atoms with van der Waals surface area (Å²) in [5.41, 5.74) is 2.31. The predicted octanol–water partition coefficient (Wildman–Crippen LogP) is 2.00. The van der Waals surface area contributed by atoms with Gasteiger partial charge in [-0.1, -0.05) is 0 Å². The molecule has 0 spiro atoms. The van der Waals surface area contributed by atoms with Crippen LogP contribution in [0, 0.1) is 10.1 Å². The molecule has 0 radical (unpaired) electrons. The molecule has 7 heteroatoms. The Kier molecular flexibility index (Phi) is 3.21. The minimum absolute atomic E-state index is 0.0376. The fourth-order valence-electron chi connectivity index (χ4n) is 1.50. The number of nitrogens with zero attached hydrogens (tertiary/aromatic N) is 2. The van der Waals surface area contributed by atoms with Crippen molar-refractivity contribution in [2.24, 2.45) is 0 Å². The maximum absolute atomic E-state index is 11.0. The summed E-state index contributed by atoms with van der Waals surface area (Å²) in [6, 6.07) is 3.42. The second-order valence-electron chi connectivity index (χ2n) is 3.65. The number of aliphatic hydroxyl groups is 1. The lowest BCUT2D eigenvalue weighted by atomic mass is 10.2. The second-order valence-corrected chi connectivity index (χ2v) is 4.53. The first-order chi connectivity index (χ1) is 8.09. The molecule has 0 bridgehead atoms. The molecule has 1 aromatic carbocycles. The summed E-state index contributed by atoms with van der Waals surface area (Å²) >= 11 is 1.36. The van der Waals surface area contributed by atoms with Crippen LogP contribution in [0.1, 0.15) is 6.92 Å². The van der Waals surface area contributed by atoms with Crippen LogP contribution in [0.3, 0.4) is 0 Å². The predicted molar refractivity (Wildman–Crippen MR) is 66.4 cm³/mol. The summed E-state index contributed by atoms with van der Waals surface area (Å²) in [6.45, 7) is 1.87. The van der Waals surface area contributed by atoms with Crippen LogP contribution < -0.4 is 5.32 Å². The van der Waals surface area contributed by atoms with Gasteiger partial charge in [-0.3, -0.25) is 10.1 Å². The van der Waals surface area contributed by atoms with Crippen molar-refractivity contribution in [2.75, 3.05) is 11.9 Å². The third kappa shape index (κ3) is 2.34. The van der Waals surface area contributed by atoms with Gasteiger partial charge in [0.05, 0.1) is 21.2 Å². The Bertz CT molecular complexity index is 553. The number of nitro benzene ring substituents is 1. The van der Waals surface area contributed by atoms with E-state index in [1.54, 1.807) is 24.6 Å². The SMILES string of the molecule is CC(O)CNc1ccc2scnc2c1[N+](=O)[O-]. The minimum atomic E-state index is -0.569. The molecule has 0 aliphatic heterocycles. The molecule has 1 unspecified atom stereocenters. The topological polar surface area (TPSA) is 88.3 Å². The largest absolute Gasteiger partial charge is 0.392 e. The van der Waals surface area contributed by atoms with E-state index < -0.39 is 11.0 Å². The van der Waals surface area contributed by atoms with Gasteiger partial charge in [0.1, 0.15) is 5.69 Å². The first-order valence-electron chi connectivity index (χ1n) is 5.02. The number of aliphatic hydroxyl groups excluding tert-OH is 1. The summed E-state index contributed by atoms with van der Waals surface area (Å²) in [7, 11) is 0. The number of benzene rings is 1. The Labute approximate surface area is 101 Å². The standard InChI is InChI=1S/C10H11N3O3S/c1-6(14)4-11-7-2-3-8-9(12-5-17-8)10(7)13(15)16/h2-3,5-6,11,14H,4H2,1H3. The van der Waals surface area contributed by atoms with E-state index in [4.69, 9.17) is 0 Å². The number of fused-ring (bicyclic) bond motifs is 1. The average Bonchev–Trinajstić information content (AvgIpc) is 2.72. The first kappa shape index (κ1) is 11.7.